The maximum Gasteiger partial charge on any atom is 0.274 e. The van der Waals surface area contributed by atoms with Gasteiger partial charge in [-0.05, 0) is 24.3 Å². The molecule has 0 spiro atoms. The third-order valence-electron chi connectivity index (χ3n) is 5.00. The van der Waals surface area contributed by atoms with Gasteiger partial charge in [0.25, 0.3) is 5.91 Å². The molecule has 5 rings (SSSR count). The minimum Gasteiger partial charge on any atom is -0.382 e. The molecule has 3 N–H and O–H groups in total. The molecule has 1 aliphatic rings. The van der Waals surface area contributed by atoms with Crippen molar-refractivity contribution in [1.82, 2.24) is 30.0 Å². The molecule has 1 saturated heterocycles. The van der Waals surface area contributed by atoms with Crippen LogP contribution in [0.1, 0.15) is 10.5 Å². The average Bonchev–Trinajstić information content (AvgIpc) is 3.16. The molecule has 0 unspecified atom stereocenters. The van der Waals surface area contributed by atoms with Crippen molar-refractivity contribution < 1.29 is 9.53 Å². The largest absolute Gasteiger partial charge is 0.382 e. The van der Waals surface area contributed by atoms with E-state index in [9.17, 15) is 4.79 Å². The summed E-state index contributed by atoms with van der Waals surface area (Å²) in [5.74, 6) is -0.378. The van der Waals surface area contributed by atoms with Gasteiger partial charge in [-0.25, -0.2) is 9.97 Å². The van der Waals surface area contributed by atoms with Gasteiger partial charge in [-0.1, -0.05) is 17.7 Å². The second-order valence-electron chi connectivity index (χ2n) is 7.27. The number of nitrogens with two attached hydrogens (primary N) is 1. The van der Waals surface area contributed by atoms with Crippen LogP contribution in [-0.2, 0) is 11.8 Å². The maximum absolute atomic E-state index is 12.8. The molecule has 0 aliphatic carbocycles. The number of carbonyl (C=O) groups is 1. The van der Waals surface area contributed by atoms with E-state index < -0.39 is 5.91 Å². The lowest BCUT2D eigenvalue weighted by Crippen LogP contribution is -2.48. The van der Waals surface area contributed by atoms with E-state index in [0.717, 1.165) is 5.39 Å². The van der Waals surface area contributed by atoms with Crippen LogP contribution in [0.15, 0.2) is 42.7 Å². The lowest BCUT2D eigenvalue weighted by Gasteiger charge is -2.26. The van der Waals surface area contributed by atoms with Crippen LogP contribution in [0.5, 0.6) is 0 Å². The molecule has 1 aromatic carbocycles. The molecule has 1 amide bonds. The fourth-order valence-corrected chi connectivity index (χ4v) is 3.67. The number of amides is 1. The molecule has 0 radical (unpaired) electrons. The molecular weight excluding hydrogens is 418 g/mol. The number of nitrogens with one attached hydrogen (secondary N) is 1. The Morgan fingerprint density at radius 3 is 2.81 bits per heavy atom. The SMILES string of the molecule is Cn1ccc(-c2nc(N)c(C(=O)NC3COC3)nc2-c2cc(Cl)c3ncccc3c2)n1. The number of carbonyl (C=O) groups excluding carboxylic acids is 1. The van der Waals surface area contributed by atoms with Gasteiger partial charge in [0.1, 0.15) is 11.4 Å². The number of nitrogen functional groups attached to an aromatic ring is 1. The monoisotopic (exact) mass is 435 g/mol. The Morgan fingerprint density at radius 2 is 2.10 bits per heavy atom. The van der Waals surface area contributed by atoms with Gasteiger partial charge in [0.05, 0.1) is 35.5 Å². The van der Waals surface area contributed by atoms with Gasteiger partial charge in [0.2, 0.25) is 0 Å². The number of aromatic nitrogens is 5. The van der Waals surface area contributed by atoms with Crippen LogP contribution in [0.3, 0.4) is 0 Å². The third kappa shape index (κ3) is 3.58. The summed E-state index contributed by atoms with van der Waals surface area (Å²) < 4.78 is 6.77. The first-order valence-electron chi connectivity index (χ1n) is 9.60. The second-order valence-corrected chi connectivity index (χ2v) is 7.68. The standard InChI is InChI=1S/C21H18ClN7O2/c1-29-6-4-15(28-29)18-17(12-7-11-3-2-5-24-16(11)14(22)8-12)26-19(20(23)27-18)21(30)25-13-9-31-10-13/h2-8,13H,9-10H2,1H3,(H2,23,27)(H,25,30). The van der Waals surface area contributed by atoms with Crippen molar-refractivity contribution in [3.63, 3.8) is 0 Å². The zero-order valence-electron chi connectivity index (χ0n) is 16.5. The van der Waals surface area contributed by atoms with Gasteiger partial charge >= 0.3 is 0 Å². The summed E-state index contributed by atoms with van der Waals surface area (Å²) in [6.45, 7) is 0.927. The second kappa shape index (κ2) is 7.60. The lowest BCUT2D eigenvalue weighted by atomic mass is 10.0. The topological polar surface area (TPSA) is 121 Å². The summed E-state index contributed by atoms with van der Waals surface area (Å²) in [5.41, 5.74) is 9.03. The molecule has 31 heavy (non-hydrogen) atoms. The van der Waals surface area contributed by atoms with Gasteiger partial charge in [0.15, 0.2) is 11.5 Å². The zero-order valence-corrected chi connectivity index (χ0v) is 17.3. The summed E-state index contributed by atoms with van der Waals surface area (Å²) >= 11 is 6.50. The third-order valence-corrected chi connectivity index (χ3v) is 5.29. The Bertz CT molecular complexity index is 1320. The maximum atomic E-state index is 12.8. The van der Waals surface area contributed by atoms with Gasteiger partial charge in [-0.3, -0.25) is 14.5 Å². The van der Waals surface area contributed by atoms with Crippen LogP contribution in [0.4, 0.5) is 5.82 Å². The zero-order chi connectivity index (χ0) is 21.5. The number of ether oxygens (including phenoxy) is 1. The van der Waals surface area contributed by atoms with Gasteiger partial charge < -0.3 is 15.8 Å². The van der Waals surface area contributed by atoms with E-state index >= 15 is 0 Å². The predicted molar refractivity (Wildman–Crippen MR) is 116 cm³/mol. The number of hydrogen-bond acceptors (Lipinski definition) is 7. The van der Waals surface area contributed by atoms with Crippen LogP contribution in [-0.4, -0.2) is 49.9 Å². The first kappa shape index (κ1) is 19.4. The van der Waals surface area contributed by atoms with Crippen molar-refractivity contribution in [2.75, 3.05) is 18.9 Å². The van der Waals surface area contributed by atoms with E-state index in [2.05, 4.69) is 25.4 Å². The van der Waals surface area contributed by atoms with Gasteiger partial charge in [0, 0.05) is 30.4 Å². The number of halogens is 1. The fourth-order valence-electron chi connectivity index (χ4n) is 3.39. The predicted octanol–water partition coefficient (Wildman–Crippen LogP) is 2.46. The van der Waals surface area contributed by atoms with Crippen LogP contribution in [0, 0.1) is 0 Å². The molecule has 4 aromatic rings. The number of pyridine rings is 1. The quantitative estimate of drug-likeness (QED) is 0.505. The minimum absolute atomic E-state index is 0.0238. The molecule has 3 aromatic heterocycles. The van der Waals surface area contributed by atoms with Crippen molar-refractivity contribution in [1.29, 1.82) is 0 Å². The fraction of sp³-hybridized carbons (Fsp3) is 0.190. The summed E-state index contributed by atoms with van der Waals surface area (Å²) in [6.07, 6.45) is 3.48. The normalized spacial score (nSPS) is 13.9. The molecule has 9 nitrogen and oxygen atoms in total. The lowest BCUT2D eigenvalue weighted by molar-refractivity contribution is -0.00353. The van der Waals surface area contributed by atoms with Gasteiger partial charge in [-0.2, -0.15) is 5.10 Å². The Labute approximate surface area is 182 Å². The van der Waals surface area contributed by atoms with E-state index in [0.29, 0.717) is 46.4 Å². The van der Waals surface area contributed by atoms with E-state index in [1.807, 2.05) is 24.3 Å². The molecular formula is C21H18ClN7O2. The van der Waals surface area contributed by atoms with Crippen LogP contribution in [0.2, 0.25) is 5.02 Å². The smallest absolute Gasteiger partial charge is 0.274 e. The highest BCUT2D eigenvalue weighted by atomic mass is 35.5. The highest BCUT2D eigenvalue weighted by molar-refractivity contribution is 6.35. The van der Waals surface area contributed by atoms with Crippen molar-refractivity contribution in [3.8, 4) is 22.6 Å². The van der Waals surface area contributed by atoms with Crippen molar-refractivity contribution in [3.05, 3.63) is 53.4 Å². The Hall–Kier alpha value is -3.56. The van der Waals surface area contributed by atoms with E-state index in [1.54, 1.807) is 30.2 Å². The number of benzene rings is 1. The minimum atomic E-state index is -0.402. The number of nitrogens with zero attached hydrogens (tertiary/aromatic N) is 5. The van der Waals surface area contributed by atoms with Crippen molar-refractivity contribution >= 4 is 34.2 Å². The number of hydrogen-bond donors (Lipinski definition) is 2. The van der Waals surface area contributed by atoms with Crippen LogP contribution >= 0.6 is 11.6 Å². The first-order valence-corrected chi connectivity index (χ1v) is 9.98. The molecule has 0 atom stereocenters. The van der Waals surface area contributed by atoms with Crippen LogP contribution < -0.4 is 11.1 Å². The van der Waals surface area contributed by atoms with Crippen molar-refractivity contribution in [2.24, 2.45) is 7.05 Å². The molecule has 1 fully saturated rings. The number of rotatable bonds is 4. The molecule has 10 heteroatoms. The number of aryl methyl sites for hydroxylation is 1. The highest BCUT2D eigenvalue weighted by Gasteiger charge is 2.26. The highest BCUT2D eigenvalue weighted by Crippen LogP contribution is 2.34. The molecule has 0 bridgehead atoms. The van der Waals surface area contributed by atoms with Crippen molar-refractivity contribution in [2.45, 2.75) is 6.04 Å². The summed E-state index contributed by atoms with van der Waals surface area (Å²) in [6, 6.07) is 9.15. The molecule has 4 heterocycles. The summed E-state index contributed by atoms with van der Waals surface area (Å²) in [7, 11) is 1.81. The number of fused-ring (bicyclic) bond motifs is 1. The molecule has 156 valence electrons. The van der Waals surface area contributed by atoms with E-state index in [4.69, 9.17) is 22.1 Å². The number of anilines is 1. The van der Waals surface area contributed by atoms with Crippen LogP contribution in [0.25, 0.3) is 33.5 Å². The summed E-state index contributed by atoms with van der Waals surface area (Å²) in [4.78, 5) is 26.2. The first-order chi connectivity index (χ1) is 15.0. The summed E-state index contributed by atoms with van der Waals surface area (Å²) in [5, 5.41) is 8.60. The van der Waals surface area contributed by atoms with E-state index in [-0.39, 0.29) is 17.6 Å². The molecule has 1 aliphatic heterocycles. The van der Waals surface area contributed by atoms with Gasteiger partial charge in [-0.15, -0.1) is 0 Å². The van der Waals surface area contributed by atoms with E-state index in [1.165, 1.54) is 0 Å². The Balaban J connectivity index is 1.69. The average molecular weight is 436 g/mol. The Morgan fingerprint density at radius 1 is 1.26 bits per heavy atom. The Kier molecular flexibility index (Phi) is 4.76. The molecule has 0 saturated carbocycles.